The standard InChI is InChI=1S/C23H23N5O5S/c1-13-14(2)28(10-16-4-3-7-30-16)21(17(13)9-24)25-20(29)11-34-23-27-26-22(33-23)15-5-6-18-19(8-15)32-12-31-18/h5-6,8,16H,3-4,7,10-12H2,1-2H3,(H,25,29). The van der Waals surface area contributed by atoms with E-state index >= 15 is 0 Å². The molecule has 1 amide bonds. The van der Waals surface area contributed by atoms with Crippen molar-refractivity contribution in [2.45, 2.75) is 44.6 Å². The summed E-state index contributed by atoms with van der Waals surface area (Å²) in [6.45, 7) is 5.36. The molecule has 0 saturated carbocycles. The summed E-state index contributed by atoms with van der Waals surface area (Å²) in [5, 5.41) is 20.9. The van der Waals surface area contributed by atoms with E-state index in [9.17, 15) is 10.1 Å². The number of benzene rings is 1. The summed E-state index contributed by atoms with van der Waals surface area (Å²) >= 11 is 1.13. The summed E-state index contributed by atoms with van der Waals surface area (Å²) in [7, 11) is 0. The Balaban J connectivity index is 1.25. The van der Waals surface area contributed by atoms with Gasteiger partial charge in [-0.05, 0) is 50.5 Å². The predicted octanol–water partition coefficient (Wildman–Crippen LogP) is 3.67. The van der Waals surface area contributed by atoms with Gasteiger partial charge in [0.25, 0.3) is 5.22 Å². The fourth-order valence-corrected chi connectivity index (χ4v) is 4.62. The number of ether oxygens (including phenoxy) is 3. The highest BCUT2D eigenvalue weighted by Crippen LogP contribution is 2.36. The van der Waals surface area contributed by atoms with Gasteiger partial charge in [0, 0.05) is 17.9 Å². The highest BCUT2D eigenvalue weighted by atomic mass is 32.2. The van der Waals surface area contributed by atoms with Gasteiger partial charge in [-0.15, -0.1) is 10.2 Å². The summed E-state index contributed by atoms with van der Waals surface area (Å²) in [5.41, 5.74) is 2.97. The van der Waals surface area contributed by atoms with Gasteiger partial charge in [0.05, 0.1) is 24.0 Å². The van der Waals surface area contributed by atoms with E-state index in [1.165, 1.54) is 0 Å². The number of hydrogen-bond acceptors (Lipinski definition) is 9. The normalized spacial score (nSPS) is 16.6. The van der Waals surface area contributed by atoms with Crippen LogP contribution in [0.4, 0.5) is 5.82 Å². The van der Waals surface area contributed by atoms with E-state index in [4.69, 9.17) is 18.6 Å². The lowest BCUT2D eigenvalue weighted by molar-refractivity contribution is -0.113. The highest BCUT2D eigenvalue weighted by molar-refractivity contribution is 7.99. The Hall–Kier alpha value is -3.49. The van der Waals surface area contributed by atoms with Crippen molar-refractivity contribution in [3.63, 3.8) is 0 Å². The lowest BCUT2D eigenvalue weighted by Crippen LogP contribution is -2.22. The molecule has 2 aliphatic heterocycles. The molecule has 0 aliphatic carbocycles. The summed E-state index contributed by atoms with van der Waals surface area (Å²) in [6.07, 6.45) is 2.06. The van der Waals surface area contributed by atoms with Crippen molar-refractivity contribution in [1.82, 2.24) is 14.8 Å². The second-order valence-corrected chi connectivity index (χ2v) is 9.00. The Morgan fingerprint density at radius 2 is 2.15 bits per heavy atom. The molecule has 1 unspecified atom stereocenters. The van der Waals surface area contributed by atoms with Crippen molar-refractivity contribution in [2.24, 2.45) is 0 Å². The maximum absolute atomic E-state index is 12.8. The van der Waals surface area contributed by atoms with E-state index < -0.39 is 0 Å². The molecule has 1 fully saturated rings. The molecule has 1 N–H and O–H groups in total. The Kier molecular flexibility index (Phi) is 6.17. The van der Waals surface area contributed by atoms with Crippen LogP contribution >= 0.6 is 11.8 Å². The van der Waals surface area contributed by atoms with Crippen LogP contribution in [0.25, 0.3) is 11.5 Å². The third kappa shape index (κ3) is 4.34. The summed E-state index contributed by atoms with van der Waals surface area (Å²) in [4.78, 5) is 12.8. The molecule has 1 atom stereocenters. The number of carbonyl (C=O) groups is 1. The fourth-order valence-electron chi connectivity index (χ4n) is 4.06. The van der Waals surface area contributed by atoms with Gasteiger partial charge in [-0.1, -0.05) is 11.8 Å². The first kappa shape index (κ1) is 22.3. The maximum Gasteiger partial charge on any atom is 0.277 e. The molecule has 34 heavy (non-hydrogen) atoms. The minimum absolute atomic E-state index is 0.0524. The third-order valence-electron chi connectivity index (χ3n) is 5.96. The number of aromatic nitrogens is 3. The smallest absolute Gasteiger partial charge is 0.277 e. The van der Waals surface area contributed by atoms with Crippen molar-refractivity contribution in [2.75, 3.05) is 24.5 Å². The van der Waals surface area contributed by atoms with Gasteiger partial charge in [-0.3, -0.25) is 4.79 Å². The van der Waals surface area contributed by atoms with Crippen LogP contribution in [-0.4, -0.2) is 45.9 Å². The Bertz CT molecular complexity index is 1270. The molecule has 10 nitrogen and oxygen atoms in total. The lowest BCUT2D eigenvalue weighted by atomic mass is 10.2. The average Bonchev–Trinajstić information content (AvgIpc) is 3.63. The number of amides is 1. The quantitative estimate of drug-likeness (QED) is 0.503. The van der Waals surface area contributed by atoms with E-state index in [-0.39, 0.29) is 29.8 Å². The molecule has 2 aromatic heterocycles. The maximum atomic E-state index is 12.8. The van der Waals surface area contributed by atoms with Gasteiger partial charge in [0.15, 0.2) is 11.5 Å². The number of nitrogens with zero attached hydrogens (tertiary/aromatic N) is 4. The fraction of sp³-hybridized carbons (Fsp3) is 0.391. The van der Waals surface area contributed by atoms with Gasteiger partial charge in [0.1, 0.15) is 11.9 Å². The number of nitriles is 1. The summed E-state index contributed by atoms with van der Waals surface area (Å²) < 4.78 is 24.1. The Labute approximate surface area is 200 Å². The molecule has 0 spiro atoms. The number of hydrogen-bond donors (Lipinski definition) is 1. The van der Waals surface area contributed by atoms with Crippen LogP contribution in [0.1, 0.15) is 29.7 Å². The molecular formula is C23H23N5O5S. The predicted molar refractivity (Wildman–Crippen MR) is 123 cm³/mol. The molecule has 0 radical (unpaired) electrons. The van der Waals surface area contributed by atoms with Gasteiger partial charge >= 0.3 is 0 Å². The highest BCUT2D eigenvalue weighted by Gasteiger charge is 2.24. The van der Waals surface area contributed by atoms with Gasteiger partial charge < -0.3 is 28.5 Å². The van der Waals surface area contributed by atoms with E-state index in [2.05, 4.69) is 21.6 Å². The van der Waals surface area contributed by atoms with Crippen LogP contribution in [0.3, 0.4) is 0 Å². The second-order valence-electron chi connectivity index (χ2n) is 8.07. The Morgan fingerprint density at radius 1 is 1.29 bits per heavy atom. The molecule has 2 aliphatic rings. The summed E-state index contributed by atoms with van der Waals surface area (Å²) in [5.74, 6) is 1.90. The SMILES string of the molecule is Cc1c(C#N)c(NC(=O)CSc2nnc(-c3ccc4c(c3)OCO4)o2)n(CC2CCCO2)c1C. The van der Waals surface area contributed by atoms with E-state index in [1.807, 2.05) is 18.4 Å². The third-order valence-corrected chi connectivity index (χ3v) is 6.78. The van der Waals surface area contributed by atoms with Gasteiger partial charge in [0.2, 0.25) is 18.6 Å². The molecule has 0 bridgehead atoms. The van der Waals surface area contributed by atoms with Gasteiger partial charge in [-0.25, -0.2) is 0 Å². The first-order valence-corrected chi connectivity index (χ1v) is 11.9. The van der Waals surface area contributed by atoms with Crippen LogP contribution < -0.4 is 14.8 Å². The topological polar surface area (TPSA) is 124 Å². The number of fused-ring (bicyclic) bond motifs is 1. The molecular weight excluding hydrogens is 458 g/mol. The Morgan fingerprint density at radius 3 is 2.94 bits per heavy atom. The second kappa shape index (κ2) is 9.40. The average molecular weight is 482 g/mol. The largest absolute Gasteiger partial charge is 0.454 e. The van der Waals surface area contributed by atoms with Crippen LogP contribution in [0.15, 0.2) is 27.8 Å². The van der Waals surface area contributed by atoms with Crippen molar-refractivity contribution in [1.29, 1.82) is 5.26 Å². The molecule has 3 aromatic rings. The van der Waals surface area contributed by atoms with Crippen molar-refractivity contribution >= 4 is 23.5 Å². The van der Waals surface area contributed by atoms with Gasteiger partial charge in [-0.2, -0.15) is 5.26 Å². The molecule has 4 heterocycles. The number of carbonyl (C=O) groups excluding carboxylic acids is 1. The first-order valence-electron chi connectivity index (χ1n) is 10.9. The zero-order valence-electron chi connectivity index (χ0n) is 18.8. The minimum Gasteiger partial charge on any atom is -0.454 e. The molecule has 5 rings (SSSR count). The monoisotopic (exact) mass is 481 g/mol. The number of nitrogens with one attached hydrogen (secondary N) is 1. The van der Waals surface area contributed by atoms with Crippen molar-refractivity contribution in [3.05, 3.63) is 35.0 Å². The molecule has 1 saturated heterocycles. The number of thioether (sulfide) groups is 1. The van der Waals surface area contributed by atoms with Crippen molar-refractivity contribution in [3.8, 4) is 29.0 Å². The van der Waals surface area contributed by atoms with Crippen LogP contribution in [-0.2, 0) is 16.1 Å². The zero-order chi connectivity index (χ0) is 23.7. The lowest BCUT2D eigenvalue weighted by Gasteiger charge is -2.16. The zero-order valence-corrected chi connectivity index (χ0v) is 19.6. The first-order chi connectivity index (χ1) is 16.5. The van der Waals surface area contributed by atoms with Crippen LogP contribution in [0, 0.1) is 25.2 Å². The van der Waals surface area contributed by atoms with E-state index in [1.54, 1.807) is 18.2 Å². The van der Waals surface area contributed by atoms with Crippen molar-refractivity contribution < 1.29 is 23.4 Å². The molecule has 11 heteroatoms. The van der Waals surface area contributed by atoms with Crippen LogP contribution in [0.2, 0.25) is 0 Å². The van der Waals surface area contributed by atoms with E-state index in [0.29, 0.717) is 40.9 Å². The summed E-state index contributed by atoms with van der Waals surface area (Å²) in [6, 6.07) is 7.58. The molecule has 176 valence electrons. The minimum atomic E-state index is -0.268. The molecule has 1 aromatic carbocycles. The van der Waals surface area contributed by atoms with Crippen LogP contribution in [0.5, 0.6) is 11.5 Å². The van der Waals surface area contributed by atoms with E-state index in [0.717, 1.165) is 42.5 Å². The number of anilines is 1. The number of rotatable bonds is 7.